The first kappa shape index (κ1) is 27.6. The van der Waals surface area contributed by atoms with Crippen LogP contribution in [0.2, 0.25) is 0 Å². The average Bonchev–Trinajstić information content (AvgIpc) is 3.60. The minimum atomic E-state index is -0.0860. The number of carbonyl (C=O) groups excluding carboxylic acids is 1. The van der Waals surface area contributed by atoms with E-state index in [0.29, 0.717) is 30.6 Å². The Morgan fingerprint density at radius 1 is 1.11 bits per heavy atom. The van der Waals surface area contributed by atoms with E-state index in [2.05, 4.69) is 94.2 Å². The number of imidazole rings is 1. The Balaban J connectivity index is 1.52. The van der Waals surface area contributed by atoms with Gasteiger partial charge in [0.25, 0.3) is 0 Å². The molecule has 2 aromatic heterocycles. The number of carbonyl (C=O) groups is 1. The van der Waals surface area contributed by atoms with E-state index in [1.165, 1.54) is 5.56 Å². The highest BCUT2D eigenvalue weighted by Gasteiger charge is 2.19. The van der Waals surface area contributed by atoms with Crippen LogP contribution in [0.3, 0.4) is 0 Å². The number of hydrogen-bond donors (Lipinski definition) is 3. The van der Waals surface area contributed by atoms with E-state index in [-0.39, 0.29) is 11.8 Å². The smallest absolute Gasteiger partial charge is 0.224 e. The van der Waals surface area contributed by atoms with Crippen molar-refractivity contribution in [3.63, 3.8) is 0 Å². The minimum absolute atomic E-state index is 0.0566. The molecular weight excluding hydrogens is 494 g/mol. The Kier molecular flexibility index (Phi) is 9.70. The lowest BCUT2D eigenvalue weighted by Gasteiger charge is -2.18. The number of amides is 1. The van der Waals surface area contributed by atoms with Gasteiger partial charge in [0.1, 0.15) is 5.82 Å². The van der Waals surface area contributed by atoms with Crippen LogP contribution in [0.5, 0.6) is 0 Å². The van der Waals surface area contributed by atoms with Crippen molar-refractivity contribution in [2.24, 2.45) is 11.8 Å². The van der Waals surface area contributed by atoms with Crippen molar-refractivity contribution in [3.8, 4) is 22.5 Å². The molecule has 0 bridgehead atoms. The summed E-state index contributed by atoms with van der Waals surface area (Å²) in [5, 5.41) is 17.7. The van der Waals surface area contributed by atoms with Crippen molar-refractivity contribution in [3.05, 3.63) is 71.8 Å². The lowest BCUT2D eigenvalue weighted by molar-refractivity contribution is -0.124. The number of aromatic nitrogens is 6. The fourth-order valence-corrected chi connectivity index (χ4v) is 4.97. The monoisotopic (exact) mass is 531 g/mol. The van der Waals surface area contributed by atoms with Gasteiger partial charge in [-0.15, -0.1) is 10.2 Å². The van der Waals surface area contributed by atoms with Gasteiger partial charge < -0.3 is 9.88 Å². The van der Waals surface area contributed by atoms with E-state index in [9.17, 15) is 4.79 Å². The maximum atomic E-state index is 12.8. The molecule has 2 N–H and O–H groups in total. The quantitative estimate of drug-likeness (QED) is 0.203. The summed E-state index contributed by atoms with van der Waals surface area (Å²) in [6.45, 7) is 7.60. The predicted molar refractivity (Wildman–Crippen MR) is 154 cm³/mol. The molecule has 0 saturated carbocycles. The van der Waals surface area contributed by atoms with Crippen LogP contribution in [0.25, 0.3) is 22.5 Å². The summed E-state index contributed by atoms with van der Waals surface area (Å²) < 4.78 is 2.25. The zero-order chi connectivity index (χ0) is 26.9. The van der Waals surface area contributed by atoms with Crippen LogP contribution in [0.15, 0.2) is 54.7 Å². The molecule has 1 amide bonds. The SMILES string of the molecule is CCCCc1ncc(CNC(=O)[C@H](CS)CC(C)C)n1Cc1ccc(-c2ccccc2-c2nn[nH]n2)cc1. The van der Waals surface area contributed by atoms with Crippen molar-refractivity contribution in [2.75, 3.05) is 5.75 Å². The van der Waals surface area contributed by atoms with E-state index >= 15 is 0 Å². The fraction of sp³-hybridized carbons (Fsp3) is 0.414. The summed E-state index contributed by atoms with van der Waals surface area (Å²) in [6.07, 6.45) is 5.82. The first-order valence-corrected chi connectivity index (χ1v) is 14.0. The molecule has 9 heteroatoms. The van der Waals surface area contributed by atoms with Gasteiger partial charge in [-0.25, -0.2) is 4.98 Å². The van der Waals surface area contributed by atoms with Crippen LogP contribution in [-0.2, 0) is 24.3 Å². The molecule has 2 heterocycles. The molecule has 4 rings (SSSR count). The van der Waals surface area contributed by atoms with Crippen molar-refractivity contribution < 1.29 is 4.79 Å². The van der Waals surface area contributed by atoms with Crippen molar-refractivity contribution >= 4 is 18.5 Å². The van der Waals surface area contributed by atoms with E-state index in [4.69, 9.17) is 4.98 Å². The van der Waals surface area contributed by atoms with Crippen molar-refractivity contribution in [2.45, 2.75) is 59.5 Å². The van der Waals surface area contributed by atoms with E-state index in [0.717, 1.165) is 53.9 Å². The van der Waals surface area contributed by atoms with Gasteiger partial charge in [-0.1, -0.05) is 75.7 Å². The molecule has 0 spiro atoms. The van der Waals surface area contributed by atoms with Crippen LogP contribution in [-0.4, -0.2) is 41.8 Å². The molecule has 0 saturated heterocycles. The standard InChI is InChI=1S/C29H37N7OS/c1-4-5-10-27-30-16-24(17-31-29(37)23(19-38)15-20(2)3)36(27)18-21-11-13-22(14-12-21)25-8-6-7-9-26(25)28-32-34-35-33-28/h6-9,11-14,16,20,23,38H,4-5,10,15,17-19H2,1-3H3,(H,31,37)(H,32,33,34,35)/t23-/m0/s1. The second-order valence-corrected chi connectivity index (χ2v) is 10.4. The van der Waals surface area contributed by atoms with Gasteiger partial charge in [0.05, 0.1) is 18.4 Å². The normalized spacial score (nSPS) is 12.1. The highest BCUT2D eigenvalue weighted by Crippen LogP contribution is 2.30. The second-order valence-electron chi connectivity index (χ2n) is 10.1. The summed E-state index contributed by atoms with van der Waals surface area (Å²) >= 11 is 4.41. The van der Waals surface area contributed by atoms with Gasteiger partial charge >= 0.3 is 0 Å². The number of hydrogen-bond acceptors (Lipinski definition) is 6. The number of nitrogens with one attached hydrogen (secondary N) is 2. The molecule has 0 fully saturated rings. The van der Waals surface area contributed by atoms with Crippen molar-refractivity contribution in [1.82, 2.24) is 35.5 Å². The number of tetrazole rings is 1. The number of unbranched alkanes of at least 4 members (excludes halogenated alkanes) is 1. The molecule has 0 aliphatic rings. The van der Waals surface area contributed by atoms with E-state index in [1.807, 2.05) is 24.4 Å². The number of H-pyrrole nitrogens is 1. The topological polar surface area (TPSA) is 101 Å². The molecule has 4 aromatic rings. The summed E-state index contributed by atoms with van der Waals surface area (Å²) in [4.78, 5) is 17.5. The summed E-state index contributed by atoms with van der Waals surface area (Å²) in [6, 6.07) is 16.6. The Labute approximate surface area is 230 Å². The zero-order valence-electron chi connectivity index (χ0n) is 22.4. The molecule has 0 unspecified atom stereocenters. The molecule has 200 valence electrons. The van der Waals surface area contributed by atoms with Crippen LogP contribution < -0.4 is 5.32 Å². The second kappa shape index (κ2) is 13.4. The predicted octanol–water partition coefficient (Wildman–Crippen LogP) is 5.33. The molecule has 2 aromatic carbocycles. The molecule has 8 nitrogen and oxygen atoms in total. The third-order valence-electron chi connectivity index (χ3n) is 6.68. The maximum absolute atomic E-state index is 12.8. The van der Waals surface area contributed by atoms with E-state index in [1.54, 1.807) is 0 Å². The number of aryl methyl sites for hydroxylation is 1. The van der Waals surface area contributed by atoms with E-state index < -0.39 is 0 Å². The van der Waals surface area contributed by atoms with Gasteiger partial charge in [0.2, 0.25) is 11.7 Å². The first-order valence-electron chi connectivity index (χ1n) is 13.3. The number of rotatable bonds is 13. The Morgan fingerprint density at radius 3 is 2.53 bits per heavy atom. The molecule has 0 radical (unpaired) electrons. The maximum Gasteiger partial charge on any atom is 0.224 e. The summed E-state index contributed by atoms with van der Waals surface area (Å²) in [5.41, 5.74) is 5.25. The lowest BCUT2D eigenvalue weighted by atomic mass is 9.98. The Hall–Kier alpha value is -3.46. The van der Waals surface area contributed by atoms with Crippen molar-refractivity contribution in [1.29, 1.82) is 0 Å². The Bertz CT molecular complexity index is 1300. The molecule has 0 aliphatic carbocycles. The lowest BCUT2D eigenvalue weighted by Crippen LogP contribution is -2.32. The van der Waals surface area contributed by atoms with Gasteiger partial charge in [-0.05, 0) is 40.7 Å². The summed E-state index contributed by atoms with van der Waals surface area (Å²) in [7, 11) is 0. The van der Waals surface area contributed by atoms with Crippen LogP contribution in [0.1, 0.15) is 57.1 Å². The minimum Gasteiger partial charge on any atom is -0.350 e. The van der Waals surface area contributed by atoms with Crippen LogP contribution >= 0.6 is 12.6 Å². The van der Waals surface area contributed by atoms with Gasteiger partial charge in [0, 0.05) is 30.2 Å². The number of aromatic amines is 1. The highest BCUT2D eigenvalue weighted by molar-refractivity contribution is 7.80. The number of nitrogens with zero attached hydrogens (tertiary/aromatic N) is 5. The zero-order valence-corrected chi connectivity index (χ0v) is 23.3. The molecular formula is C29H37N7OS. The molecule has 1 atom stereocenters. The van der Waals surface area contributed by atoms with Crippen LogP contribution in [0, 0.1) is 11.8 Å². The third-order valence-corrected chi connectivity index (χ3v) is 7.13. The highest BCUT2D eigenvalue weighted by atomic mass is 32.1. The summed E-state index contributed by atoms with van der Waals surface area (Å²) in [5.74, 6) is 2.59. The number of benzene rings is 2. The van der Waals surface area contributed by atoms with Gasteiger partial charge in [-0.3, -0.25) is 4.79 Å². The molecule has 38 heavy (non-hydrogen) atoms. The van der Waals surface area contributed by atoms with Crippen LogP contribution in [0.4, 0.5) is 0 Å². The number of thiol groups is 1. The fourth-order valence-electron chi connectivity index (χ4n) is 4.66. The van der Waals surface area contributed by atoms with Gasteiger partial charge in [0.15, 0.2) is 0 Å². The average molecular weight is 532 g/mol. The molecule has 0 aliphatic heterocycles. The Morgan fingerprint density at radius 2 is 1.87 bits per heavy atom. The first-order chi connectivity index (χ1) is 18.5. The third kappa shape index (κ3) is 6.89. The van der Waals surface area contributed by atoms with Gasteiger partial charge in [-0.2, -0.15) is 17.8 Å². The largest absolute Gasteiger partial charge is 0.350 e.